The molecule has 3 rings (SSSR count). The molecule has 0 radical (unpaired) electrons. The smallest absolute Gasteiger partial charge is 0.338 e. The minimum atomic E-state index is -4.55. The summed E-state index contributed by atoms with van der Waals surface area (Å²) < 4.78 is 40.5. The topological polar surface area (TPSA) is 43.2 Å². The number of allylic oxidation sites excluding steroid dienone is 1. The van der Waals surface area contributed by atoms with Gasteiger partial charge in [-0.25, -0.2) is 4.99 Å². The zero-order chi connectivity index (χ0) is 21.3. The Labute approximate surface area is 173 Å². The van der Waals surface area contributed by atoms with Gasteiger partial charge in [0.15, 0.2) is 0 Å². The summed E-state index contributed by atoms with van der Waals surface area (Å²) in [6.45, 7) is 10.7. The number of fused-ring (bicyclic) bond motifs is 1. The normalized spacial score (nSPS) is 19.0. The third kappa shape index (κ3) is 4.43. The maximum absolute atomic E-state index is 13.5. The Morgan fingerprint density at radius 2 is 1.86 bits per heavy atom. The van der Waals surface area contributed by atoms with E-state index in [1.54, 1.807) is 5.01 Å². The summed E-state index contributed by atoms with van der Waals surface area (Å²) in [5.74, 6) is 0.610. The number of piperazine rings is 1. The maximum atomic E-state index is 13.5. The molecule has 0 aromatic heterocycles. The first kappa shape index (κ1) is 21.6. The highest BCUT2D eigenvalue weighted by molar-refractivity contribution is 6.32. The van der Waals surface area contributed by atoms with Crippen LogP contribution in [0.25, 0.3) is 5.70 Å². The van der Waals surface area contributed by atoms with E-state index in [0.29, 0.717) is 29.3 Å². The second-order valence-electron chi connectivity index (χ2n) is 7.34. The third-order valence-corrected chi connectivity index (χ3v) is 5.21. The van der Waals surface area contributed by atoms with Crippen molar-refractivity contribution < 1.29 is 13.2 Å². The quantitative estimate of drug-likeness (QED) is 0.667. The molecule has 29 heavy (non-hydrogen) atoms. The minimum Gasteiger partial charge on any atom is -0.338 e. The van der Waals surface area contributed by atoms with E-state index in [2.05, 4.69) is 15.3 Å². The number of hydrogen-bond acceptors (Lipinski definition) is 5. The minimum absolute atomic E-state index is 0.350. The van der Waals surface area contributed by atoms with Gasteiger partial charge in [0.25, 0.3) is 0 Å². The van der Waals surface area contributed by atoms with Gasteiger partial charge in [0, 0.05) is 37.5 Å². The SMILES string of the molecule is CCC(C)=C1c2cc(C(F)(F)F)c(Cl)cc2N=C(N2CCNCC2)N1N=C(C)C. The van der Waals surface area contributed by atoms with Crippen LogP contribution in [0.4, 0.5) is 18.9 Å². The van der Waals surface area contributed by atoms with Crippen molar-refractivity contribution in [3.63, 3.8) is 0 Å². The second-order valence-corrected chi connectivity index (χ2v) is 7.74. The van der Waals surface area contributed by atoms with Crippen molar-refractivity contribution >= 4 is 34.7 Å². The summed E-state index contributed by atoms with van der Waals surface area (Å²) in [7, 11) is 0. The first-order valence-electron chi connectivity index (χ1n) is 9.60. The molecule has 1 saturated heterocycles. The lowest BCUT2D eigenvalue weighted by atomic mass is 9.99. The molecule has 0 saturated carbocycles. The van der Waals surface area contributed by atoms with Crippen LogP contribution in [0, 0.1) is 0 Å². The van der Waals surface area contributed by atoms with Gasteiger partial charge >= 0.3 is 6.18 Å². The molecule has 0 amide bonds. The Kier molecular flexibility index (Phi) is 6.24. The predicted octanol–water partition coefficient (Wildman–Crippen LogP) is 5.10. The Morgan fingerprint density at radius 1 is 1.21 bits per heavy atom. The molecule has 1 N–H and O–H groups in total. The highest BCUT2D eigenvalue weighted by atomic mass is 35.5. The fraction of sp³-hybridized carbons (Fsp3) is 0.500. The van der Waals surface area contributed by atoms with E-state index in [9.17, 15) is 13.2 Å². The van der Waals surface area contributed by atoms with Gasteiger partial charge in [-0.2, -0.15) is 23.3 Å². The lowest BCUT2D eigenvalue weighted by Crippen LogP contribution is -2.51. The molecule has 2 aliphatic heterocycles. The summed E-state index contributed by atoms with van der Waals surface area (Å²) in [5, 5.41) is 9.28. The Bertz CT molecular complexity index is 879. The van der Waals surface area contributed by atoms with Crippen molar-refractivity contribution in [1.29, 1.82) is 0 Å². The molecule has 5 nitrogen and oxygen atoms in total. The third-order valence-electron chi connectivity index (χ3n) is 4.90. The lowest BCUT2D eigenvalue weighted by Gasteiger charge is -2.38. The van der Waals surface area contributed by atoms with Gasteiger partial charge < -0.3 is 10.2 Å². The molecular weight excluding hydrogens is 403 g/mol. The van der Waals surface area contributed by atoms with Gasteiger partial charge in [0.05, 0.1) is 22.0 Å². The lowest BCUT2D eigenvalue weighted by molar-refractivity contribution is -0.137. The molecule has 158 valence electrons. The van der Waals surface area contributed by atoms with E-state index < -0.39 is 11.7 Å². The van der Waals surface area contributed by atoms with E-state index in [4.69, 9.17) is 16.6 Å². The predicted molar refractivity (Wildman–Crippen MR) is 111 cm³/mol. The van der Waals surface area contributed by atoms with Crippen LogP contribution in [0.15, 0.2) is 27.8 Å². The highest BCUT2D eigenvalue weighted by Gasteiger charge is 2.37. The molecule has 2 aliphatic rings. The standard InChI is InChI=1S/C20H25ClF3N5/c1-5-13(4)18-14-10-15(20(22,23)24)16(21)11-17(14)26-19(29(18)27-12(2)3)28-8-6-25-7-9-28/h10-11,25H,5-9H2,1-4H3. The van der Waals surface area contributed by atoms with Gasteiger partial charge in [-0.1, -0.05) is 18.5 Å². The van der Waals surface area contributed by atoms with Crippen molar-refractivity contribution in [2.24, 2.45) is 10.1 Å². The number of nitrogens with one attached hydrogen (secondary N) is 1. The number of aliphatic imine (C=N–C) groups is 1. The molecular formula is C20H25ClF3N5. The molecule has 1 aromatic carbocycles. The fourth-order valence-electron chi connectivity index (χ4n) is 3.37. The van der Waals surface area contributed by atoms with E-state index in [0.717, 1.165) is 43.5 Å². The number of hydrogen-bond donors (Lipinski definition) is 1. The van der Waals surface area contributed by atoms with Crippen LogP contribution in [0.5, 0.6) is 0 Å². The molecule has 0 spiro atoms. The van der Waals surface area contributed by atoms with E-state index in [-0.39, 0.29) is 5.02 Å². The van der Waals surface area contributed by atoms with Gasteiger partial charge in [-0.05, 0) is 44.9 Å². The van der Waals surface area contributed by atoms with Crippen molar-refractivity contribution in [2.45, 2.75) is 40.3 Å². The summed E-state index contributed by atoms with van der Waals surface area (Å²) >= 11 is 5.99. The van der Waals surface area contributed by atoms with Crippen LogP contribution in [0.3, 0.4) is 0 Å². The summed E-state index contributed by atoms with van der Waals surface area (Å²) in [6.07, 6.45) is -3.88. The van der Waals surface area contributed by atoms with Crippen molar-refractivity contribution in [3.05, 3.63) is 33.9 Å². The number of halogens is 4. The average Bonchev–Trinajstić information content (AvgIpc) is 2.66. The van der Waals surface area contributed by atoms with Crippen molar-refractivity contribution in [3.8, 4) is 0 Å². The van der Waals surface area contributed by atoms with Gasteiger partial charge in [-0.15, -0.1) is 0 Å². The number of nitrogens with zero attached hydrogens (tertiary/aromatic N) is 4. The number of alkyl halides is 3. The summed E-state index contributed by atoms with van der Waals surface area (Å²) in [4.78, 5) is 6.80. The van der Waals surface area contributed by atoms with Crippen molar-refractivity contribution in [1.82, 2.24) is 15.2 Å². The largest absolute Gasteiger partial charge is 0.417 e. The average molecular weight is 428 g/mol. The van der Waals surface area contributed by atoms with E-state index in [1.165, 1.54) is 6.07 Å². The molecule has 1 fully saturated rings. The zero-order valence-electron chi connectivity index (χ0n) is 17.0. The van der Waals surface area contributed by atoms with Crippen LogP contribution >= 0.6 is 11.6 Å². The van der Waals surface area contributed by atoms with Crippen molar-refractivity contribution in [2.75, 3.05) is 26.2 Å². The number of benzene rings is 1. The monoisotopic (exact) mass is 427 g/mol. The second kappa shape index (κ2) is 8.36. The highest BCUT2D eigenvalue weighted by Crippen LogP contribution is 2.44. The van der Waals surface area contributed by atoms with Gasteiger partial charge in [0.1, 0.15) is 0 Å². The number of rotatable bonds is 2. The van der Waals surface area contributed by atoms with Crippen LogP contribution in [0.1, 0.15) is 45.2 Å². The number of guanidine groups is 1. The van der Waals surface area contributed by atoms with Crippen LogP contribution in [-0.2, 0) is 6.18 Å². The Morgan fingerprint density at radius 3 is 2.41 bits per heavy atom. The zero-order valence-corrected chi connectivity index (χ0v) is 17.7. The molecule has 0 atom stereocenters. The van der Waals surface area contributed by atoms with E-state index >= 15 is 0 Å². The molecule has 0 bridgehead atoms. The number of hydrazone groups is 1. The van der Waals surface area contributed by atoms with Crippen LogP contribution < -0.4 is 5.32 Å². The Balaban J connectivity index is 2.29. The van der Waals surface area contributed by atoms with Crippen LogP contribution in [0.2, 0.25) is 5.02 Å². The van der Waals surface area contributed by atoms with Crippen LogP contribution in [-0.4, -0.2) is 47.8 Å². The van der Waals surface area contributed by atoms with Gasteiger partial charge in [0.2, 0.25) is 5.96 Å². The molecule has 0 aliphatic carbocycles. The maximum Gasteiger partial charge on any atom is 0.417 e. The molecule has 9 heteroatoms. The Hall–Kier alpha value is -2.06. The first-order chi connectivity index (χ1) is 13.6. The molecule has 1 aromatic rings. The van der Waals surface area contributed by atoms with E-state index in [1.807, 2.05) is 27.7 Å². The fourth-order valence-corrected chi connectivity index (χ4v) is 3.64. The molecule has 2 heterocycles. The van der Waals surface area contributed by atoms with Gasteiger partial charge in [-0.3, -0.25) is 0 Å². The molecule has 0 unspecified atom stereocenters. The summed E-state index contributed by atoms with van der Waals surface area (Å²) in [5.41, 5.74) is 2.30. The first-order valence-corrected chi connectivity index (χ1v) is 9.98. The summed E-state index contributed by atoms with van der Waals surface area (Å²) in [6, 6.07) is 2.41.